The fourth-order valence-corrected chi connectivity index (χ4v) is 2.16. The van der Waals surface area contributed by atoms with E-state index in [0.717, 1.165) is 6.42 Å². The number of hydrogen-bond acceptors (Lipinski definition) is 4. The lowest BCUT2D eigenvalue weighted by Gasteiger charge is -2.26. The van der Waals surface area contributed by atoms with Gasteiger partial charge >= 0.3 is 11.9 Å². The molecular formula is C10H16O4. The summed E-state index contributed by atoms with van der Waals surface area (Å²) in [4.78, 5) is 23.0. The third-order valence-electron chi connectivity index (χ3n) is 3.10. The molecule has 0 amide bonds. The molecule has 0 N–H and O–H groups in total. The zero-order valence-corrected chi connectivity index (χ0v) is 8.83. The van der Waals surface area contributed by atoms with Crippen LogP contribution in [0, 0.1) is 11.3 Å². The fraction of sp³-hybridized carbons (Fsp3) is 0.800. The maximum Gasteiger partial charge on any atom is 0.312 e. The van der Waals surface area contributed by atoms with Crippen LogP contribution in [0.3, 0.4) is 0 Å². The van der Waals surface area contributed by atoms with Gasteiger partial charge in [-0.1, -0.05) is 6.42 Å². The molecule has 0 radical (unpaired) electrons. The van der Waals surface area contributed by atoms with E-state index in [2.05, 4.69) is 4.74 Å². The molecule has 2 atom stereocenters. The van der Waals surface area contributed by atoms with Gasteiger partial charge in [-0.3, -0.25) is 9.59 Å². The minimum Gasteiger partial charge on any atom is -0.469 e. The molecule has 80 valence electrons. The summed E-state index contributed by atoms with van der Waals surface area (Å²) < 4.78 is 9.39. The van der Waals surface area contributed by atoms with E-state index in [9.17, 15) is 9.59 Å². The number of rotatable bonds is 2. The summed E-state index contributed by atoms with van der Waals surface area (Å²) >= 11 is 0. The van der Waals surface area contributed by atoms with Crippen molar-refractivity contribution in [3.05, 3.63) is 0 Å². The van der Waals surface area contributed by atoms with E-state index in [1.807, 2.05) is 0 Å². The first-order chi connectivity index (χ1) is 6.56. The van der Waals surface area contributed by atoms with Gasteiger partial charge in [0, 0.05) is 0 Å². The number of ether oxygens (including phenoxy) is 2. The molecule has 14 heavy (non-hydrogen) atoms. The van der Waals surface area contributed by atoms with Crippen molar-refractivity contribution in [2.45, 2.75) is 26.2 Å². The standard InChI is InChI=1S/C10H16O4/c1-10(9(12)14-3)6-4-5-7(10)8(11)13-2/h7H,4-6H2,1-3H3/t7-,10+/m0/s1. The number of methoxy groups -OCH3 is 2. The molecule has 4 nitrogen and oxygen atoms in total. The highest BCUT2D eigenvalue weighted by Gasteiger charge is 2.50. The maximum absolute atomic E-state index is 11.5. The highest BCUT2D eigenvalue weighted by atomic mass is 16.5. The average molecular weight is 200 g/mol. The summed E-state index contributed by atoms with van der Waals surface area (Å²) in [6.45, 7) is 1.77. The smallest absolute Gasteiger partial charge is 0.312 e. The molecule has 1 fully saturated rings. The first kappa shape index (κ1) is 11.0. The van der Waals surface area contributed by atoms with Crippen molar-refractivity contribution < 1.29 is 19.1 Å². The van der Waals surface area contributed by atoms with Crippen LogP contribution in [0.5, 0.6) is 0 Å². The second kappa shape index (κ2) is 3.98. The predicted octanol–water partition coefficient (Wildman–Crippen LogP) is 1.14. The highest BCUT2D eigenvalue weighted by molar-refractivity contribution is 5.85. The molecular weight excluding hydrogens is 184 g/mol. The molecule has 1 saturated carbocycles. The minimum absolute atomic E-state index is 0.310. The number of carbonyl (C=O) groups excluding carboxylic acids is 2. The van der Waals surface area contributed by atoms with Gasteiger partial charge in [0.1, 0.15) is 0 Å². The SMILES string of the molecule is COC(=O)[C@@H]1CCC[C@@]1(C)C(=O)OC. The summed E-state index contributed by atoms with van der Waals surface area (Å²) in [6.07, 6.45) is 2.27. The van der Waals surface area contributed by atoms with Crippen molar-refractivity contribution in [2.75, 3.05) is 14.2 Å². The molecule has 0 aromatic rings. The average Bonchev–Trinajstić information content (AvgIpc) is 2.59. The zero-order chi connectivity index (χ0) is 10.8. The summed E-state index contributed by atoms with van der Waals surface area (Å²) in [6, 6.07) is 0. The van der Waals surface area contributed by atoms with Crippen molar-refractivity contribution in [1.29, 1.82) is 0 Å². The third-order valence-corrected chi connectivity index (χ3v) is 3.10. The van der Waals surface area contributed by atoms with Crippen LogP contribution in [0.2, 0.25) is 0 Å². The Morgan fingerprint density at radius 1 is 1.29 bits per heavy atom. The highest BCUT2D eigenvalue weighted by Crippen LogP contribution is 2.44. The van der Waals surface area contributed by atoms with Crippen LogP contribution in [0.1, 0.15) is 26.2 Å². The molecule has 0 unspecified atom stereocenters. The lowest BCUT2D eigenvalue weighted by Crippen LogP contribution is -2.37. The molecule has 0 saturated heterocycles. The van der Waals surface area contributed by atoms with E-state index in [0.29, 0.717) is 12.8 Å². The molecule has 0 aromatic heterocycles. The summed E-state index contributed by atoms with van der Waals surface area (Å²) in [5, 5.41) is 0. The normalized spacial score (nSPS) is 31.2. The number of esters is 2. The Kier molecular flexibility index (Phi) is 3.13. The Morgan fingerprint density at radius 2 is 1.93 bits per heavy atom. The first-order valence-electron chi connectivity index (χ1n) is 4.72. The monoisotopic (exact) mass is 200 g/mol. The van der Waals surface area contributed by atoms with Crippen molar-refractivity contribution in [3.8, 4) is 0 Å². The van der Waals surface area contributed by atoms with E-state index in [-0.39, 0.29) is 17.9 Å². The Bertz CT molecular complexity index is 249. The lowest BCUT2D eigenvalue weighted by molar-refractivity contribution is -0.163. The van der Waals surface area contributed by atoms with Crippen LogP contribution < -0.4 is 0 Å². The van der Waals surface area contributed by atoms with Gasteiger partial charge in [0.15, 0.2) is 0 Å². The van der Waals surface area contributed by atoms with Gasteiger partial charge in [-0.2, -0.15) is 0 Å². The van der Waals surface area contributed by atoms with Crippen molar-refractivity contribution in [1.82, 2.24) is 0 Å². The number of hydrogen-bond donors (Lipinski definition) is 0. The van der Waals surface area contributed by atoms with Gasteiger partial charge < -0.3 is 9.47 Å². The van der Waals surface area contributed by atoms with E-state index in [1.54, 1.807) is 6.92 Å². The minimum atomic E-state index is -0.693. The Hall–Kier alpha value is -1.06. The van der Waals surface area contributed by atoms with Gasteiger partial charge in [-0.05, 0) is 19.8 Å². The van der Waals surface area contributed by atoms with E-state index < -0.39 is 5.41 Å². The fourth-order valence-electron chi connectivity index (χ4n) is 2.16. The van der Waals surface area contributed by atoms with Gasteiger partial charge in [-0.15, -0.1) is 0 Å². The second-order valence-corrected chi connectivity index (χ2v) is 3.88. The van der Waals surface area contributed by atoms with Gasteiger partial charge in [0.05, 0.1) is 25.6 Å². The second-order valence-electron chi connectivity index (χ2n) is 3.88. The first-order valence-corrected chi connectivity index (χ1v) is 4.72. The lowest BCUT2D eigenvalue weighted by atomic mass is 9.80. The van der Waals surface area contributed by atoms with Gasteiger partial charge in [0.2, 0.25) is 0 Å². The van der Waals surface area contributed by atoms with Crippen LogP contribution in [-0.2, 0) is 19.1 Å². The molecule has 0 aliphatic heterocycles. The van der Waals surface area contributed by atoms with Crippen molar-refractivity contribution >= 4 is 11.9 Å². The van der Waals surface area contributed by atoms with Gasteiger partial charge in [-0.25, -0.2) is 0 Å². The van der Waals surface area contributed by atoms with Crippen LogP contribution in [0.15, 0.2) is 0 Å². The van der Waals surface area contributed by atoms with Crippen molar-refractivity contribution in [3.63, 3.8) is 0 Å². The molecule has 4 heteroatoms. The summed E-state index contributed by atoms with van der Waals surface area (Å²) in [7, 11) is 2.69. The van der Waals surface area contributed by atoms with E-state index in [4.69, 9.17) is 4.74 Å². The molecule has 1 aliphatic rings. The van der Waals surface area contributed by atoms with Crippen LogP contribution in [-0.4, -0.2) is 26.2 Å². The van der Waals surface area contributed by atoms with E-state index >= 15 is 0 Å². The summed E-state index contributed by atoms with van der Waals surface area (Å²) in [5.74, 6) is -0.972. The Morgan fingerprint density at radius 3 is 2.43 bits per heavy atom. The number of carbonyl (C=O) groups is 2. The third kappa shape index (κ3) is 1.61. The molecule has 1 aliphatic carbocycles. The molecule has 1 rings (SSSR count). The zero-order valence-electron chi connectivity index (χ0n) is 8.83. The molecule has 0 aromatic carbocycles. The molecule has 0 spiro atoms. The molecule has 0 heterocycles. The summed E-state index contributed by atoms with van der Waals surface area (Å²) in [5.41, 5.74) is -0.693. The predicted molar refractivity (Wildman–Crippen MR) is 49.5 cm³/mol. The largest absolute Gasteiger partial charge is 0.469 e. The Balaban J connectivity index is 2.86. The van der Waals surface area contributed by atoms with Crippen LogP contribution in [0.4, 0.5) is 0 Å². The van der Waals surface area contributed by atoms with Crippen LogP contribution in [0.25, 0.3) is 0 Å². The Labute approximate surface area is 83.6 Å². The topological polar surface area (TPSA) is 52.6 Å². The molecule has 0 bridgehead atoms. The quantitative estimate of drug-likeness (QED) is 0.627. The van der Waals surface area contributed by atoms with E-state index in [1.165, 1.54) is 14.2 Å². The maximum atomic E-state index is 11.5. The van der Waals surface area contributed by atoms with Gasteiger partial charge in [0.25, 0.3) is 0 Å². The van der Waals surface area contributed by atoms with Crippen molar-refractivity contribution in [2.24, 2.45) is 11.3 Å². The van der Waals surface area contributed by atoms with Crippen LogP contribution >= 0.6 is 0 Å².